The minimum absolute atomic E-state index is 0.0381. The summed E-state index contributed by atoms with van der Waals surface area (Å²) in [4.78, 5) is 11.8. The molecule has 2 unspecified atom stereocenters. The van der Waals surface area contributed by atoms with Crippen LogP contribution in [0.2, 0.25) is 0 Å². The highest BCUT2D eigenvalue weighted by Gasteiger charge is 2.29. The summed E-state index contributed by atoms with van der Waals surface area (Å²) < 4.78 is 4.39. The van der Waals surface area contributed by atoms with Crippen LogP contribution in [0, 0.1) is 0 Å². The molecule has 0 bridgehead atoms. The van der Waals surface area contributed by atoms with E-state index in [-0.39, 0.29) is 23.5 Å². The highest BCUT2D eigenvalue weighted by atomic mass is 32.2. The van der Waals surface area contributed by atoms with Crippen molar-refractivity contribution in [3.63, 3.8) is 0 Å². The Kier molecular flexibility index (Phi) is 3.33. The molecule has 2 rings (SSSR count). The summed E-state index contributed by atoms with van der Waals surface area (Å²) in [7, 11) is 0. The normalized spacial score (nSPS) is 24.6. The van der Waals surface area contributed by atoms with E-state index in [1.807, 2.05) is 0 Å². The van der Waals surface area contributed by atoms with Crippen molar-refractivity contribution in [2.24, 2.45) is 0 Å². The molecular weight excluding hydrogens is 228 g/mol. The third-order valence-electron chi connectivity index (χ3n) is 2.80. The van der Waals surface area contributed by atoms with E-state index < -0.39 is 0 Å². The lowest BCUT2D eigenvalue weighted by molar-refractivity contribution is 0.0929. The molecule has 1 aliphatic carbocycles. The molecular formula is C9H14N4O2S. The topological polar surface area (TPSA) is 94.0 Å². The van der Waals surface area contributed by atoms with Crippen molar-refractivity contribution in [1.82, 2.24) is 15.6 Å². The van der Waals surface area contributed by atoms with Crippen LogP contribution in [0.5, 0.6) is 0 Å². The van der Waals surface area contributed by atoms with Gasteiger partial charge in [0.05, 0.1) is 0 Å². The number of nitrogens with zero attached hydrogens (tertiary/aromatic N) is 2. The van der Waals surface area contributed by atoms with E-state index in [9.17, 15) is 4.79 Å². The van der Waals surface area contributed by atoms with Gasteiger partial charge in [0.2, 0.25) is 11.5 Å². The number of carbonyl (C=O) groups excluding carboxylic acids is 1. The molecule has 1 aromatic rings. The van der Waals surface area contributed by atoms with Crippen molar-refractivity contribution >= 4 is 23.5 Å². The number of anilines is 1. The van der Waals surface area contributed by atoms with E-state index in [4.69, 9.17) is 5.73 Å². The van der Waals surface area contributed by atoms with Crippen LogP contribution in [0.4, 0.5) is 5.82 Å². The number of thioether (sulfide) groups is 1. The van der Waals surface area contributed by atoms with Gasteiger partial charge >= 0.3 is 0 Å². The van der Waals surface area contributed by atoms with E-state index in [0.717, 1.165) is 19.3 Å². The number of hydrogen-bond donors (Lipinski definition) is 2. The summed E-state index contributed by atoms with van der Waals surface area (Å²) in [6.07, 6.45) is 5.34. The van der Waals surface area contributed by atoms with Crippen molar-refractivity contribution in [2.45, 2.75) is 30.6 Å². The first kappa shape index (κ1) is 11.3. The molecule has 3 N–H and O–H groups in total. The maximum atomic E-state index is 11.8. The lowest BCUT2D eigenvalue weighted by atomic mass is 10.2. The van der Waals surface area contributed by atoms with E-state index in [1.165, 1.54) is 0 Å². The highest BCUT2D eigenvalue weighted by molar-refractivity contribution is 7.99. The van der Waals surface area contributed by atoms with Gasteiger partial charge in [0.1, 0.15) is 0 Å². The van der Waals surface area contributed by atoms with Gasteiger partial charge in [0.15, 0.2) is 0 Å². The SMILES string of the molecule is CSC1CCCC1NC(=O)c1nonc1N. The first-order chi connectivity index (χ1) is 7.72. The van der Waals surface area contributed by atoms with Crippen LogP contribution < -0.4 is 11.1 Å². The van der Waals surface area contributed by atoms with E-state index >= 15 is 0 Å². The smallest absolute Gasteiger partial charge is 0.277 e. The summed E-state index contributed by atoms with van der Waals surface area (Å²) in [5.74, 6) is -0.263. The summed E-state index contributed by atoms with van der Waals surface area (Å²) in [5, 5.41) is 10.3. The molecule has 16 heavy (non-hydrogen) atoms. The number of hydrogen-bond acceptors (Lipinski definition) is 6. The molecule has 1 aliphatic rings. The van der Waals surface area contributed by atoms with E-state index in [1.54, 1.807) is 11.8 Å². The average Bonchev–Trinajstić information content (AvgIpc) is 2.86. The third kappa shape index (κ3) is 2.13. The number of nitrogens with two attached hydrogens (primary N) is 1. The number of aromatic nitrogens is 2. The van der Waals surface area contributed by atoms with Gasteiger partial charge < -0.3 is 11.1 Å². The molecule has 7 heteroatoms. The Morgan fingerprint density at radius 1 is 1.56 bits per heavy atom. The molecule has 0 saturated heterocycles. The molecule has 88 valence electrons. The molecule has 2 atom stereocenters. The third-order valence-corrected chi connectivity index (χ3v) is 3.97. The van der Waals surface area contributed by atoms with Crippen molar-refractivity contribution in [2.75, 3.05) is 12.0 Å². The first-order valence-electron chi connectivity index (χ1n) is 5.14. The Morgan fingerprint density at radius 2 is 2.38 bits per heavy atom. The van der Waals surface area contributed by atoms with Gasteiger partial charge in [-0.1, -0.05) is 6.42 Å². The summed E-state index contributed by atoms with van der Waals surface area (Å²) in [6, 6.07) is 0.193. The van der Waals surface area contributed by atoms with E-state index in [0.29, 0.717) is 5.25 Å². The average molecular weight is 242 g/mol. The Morgan fingerprint density at radius 3 is 3.00 bits per heavy atom. The molecule has 1 aromatic heterocycles. The van der Waals surface area contributed by atoms with E-state index in [2.05, 4.69) is 26.5 Å². The quantitative estimate of drug-likeness (QED) is 0.809. The highest BCUT2D eigenvalue weighted by Crippen LogP contribution is 2.28. The molecule has 1 heterocycles. The zero-order valence-electron chi connectivity index (χ0n) is 8.97. The van der Waals surface area contributed by atoms with Crippen molar-refractivity contribution in [3.05, 3.63) is 5.69 Å². The first-order valence-corrected chi connectivity index (χ1v) is 6.43. The van der Waals surface area contributed by atoms with Gasteiger partial charge in [-0.05, 0) is 29.4 Å². The minimum atomic E-state index is -0.301. The zero-order valence-corrected chi connectivity index (χ0v) is 9.79. The second kappa shape index (κ2) is 4.73. The lowest BCUT2D eigenvalue weighted by Crippen LogP contribution is -2.39. The number of amides is 1. The van der Waals surface area contributed by atoms with Crippen LogP contribution >= 0.6 is 11.8 Å². The number of carbonyl (C=O) groups is 1. The second-order valence-electron chi connectivity index (χ2n) is 3.78. The molecule has 1 amide bonds. The predicted octanol–water partition coefficient (Wildman–Crippen LogP) is 0.666. The largest absolute Gasteiger partial charge is 0.379 e. The second-order valence-corrected chi connectivity index (χ2v) is 4.86. The number of nitrogens with one attached hydrogen (secondary N) is 1. The van der Waals surface area contributed by atoms with Crippen LogP contribution in [-0.2, 0) is 0 Å². The Labute approximate surface area is 97.3 Å². The predicted molar refractivity (Wildman–Crippen MR) is 61.1 cm³/mol. The van der Waals surface area contributed by atoms with Crippen molar-refractivity contribution in [1.29, 1.82) is 0 Å². The van der Waals surface area contributed by atoms with Crippen LogP contribution in [0.1, 0.15) is 29.8 Å². The molecule has 0 aromatic carbocycles. The fourth-order valence-corrected chi connectivity index (χ4v) is 2.90. The van der Waals surface area contributed by atoms with Crippen molar-refractivity contribution in [3.8, 4) is 0 Å². The molecule has 0 radical (unpaired) electrons. The van der Waals surface area contributed by atoms with Gasteiger partial charge in [-0.15, -0.1) is 0 Å². The lowest BCUT2D eigenvalue weighted by Gasteiger charge is -2.18. The summed E-state index contributed by atoms with van der Waals surface area (Å²) in [5.41, 5.74) is 5.53. The Bertz CT molecular complexity index is 381. The molecule has 1 fully saturated rings. The van der Waals surface area contributed by atoms with Crippen LogP contribution in [0.3, 0.4) is 0 Å². The summed E-state index contributed by atoms with van der Waals surface area (Å²) >= 11 is 1.78. The maximum absolute atomic E-state index is 11.8. The van der Waals surface area contributed by atoms with Gasteiger partial charge in [-0.3, -0.25) is 4.79 Å². The fourth-order valence-electron chi connectivity index (χ4n) is 1.96. The van der Waals surface area contributed by atoms with Gasteiger partial charge in [-0.25, -0.2) is 4.63 Å². The summed E-state index contributed by atoms with van der Waals surface area (Å²) in [6.45, 7) is 0. The minimum Gasteiger partial charge on any atom is -0.379 e. The van der Waals surface area contributed by atoms with Crippen LogP contribution in [0.15, 0.2) is 4.63 Å². The maximum Gasteiger partial charge on any atom is 0.277 e. The molecule has 1 saturated carbocycles. The molecule has 6 nitrogen and oxygen atoms in total. The zero-order chi connectivity index (χ0) is 11.5. The van der Waals surface area contributed by atoms with Gasteiger partial charge in [-0.2, -0.15) is 11.8 Å². The van der Waals surface area contributed by atoms with Crippen LogP contribution in [-0.4, -0.2) is 33.8 Å². The van der Waals surface area contributed by atoms with Gasteiger partial charge in [0.25, 0.3) is 5.91 Å². The fraction of sp³-hybridized carbons (Fsp3) is 0.667. The Balaban J connectivity index is 2.00. The van der Waals surface area contributed by atoms with Gasteiger partial charge in [0, 0.05) is 11.3 Å². The molecule has 0 aliphatic heterocycles. The van der Waals surface area contributed by atoms with Crippen LogP contribution in [0.25, 0.3) is 0 Å². The molecule has 0 spiro atoms. The Hall–Kier alpha value is -1.24. The number of nitrogen functional groups attached to an aromatic ring is 1. The standard InChI is InChI=1S/C9H14N4O2S/c1-16-6-4-2-3-5(6)11-9(14)7-8(10)13-15-12-7/h5-6H,2-4H2,1H3,(H2,10,13)(H,11,14). The monoisotopic (exact) mass is 242 g/mol. The van der Waals surface area contributed by atoms with Crippen molar-refractivity contribution < 1.29 is 9.42 Å². The number of rotatable bonds is 3.